The molecule has 0 atom stereocenters. The number of urea groups is 1. The van der Waals surface area contributed by atoms with Gasteiger partial charge in [-0.3, -0.25) is 15.0 Å². The van der Waals surface area contributed by atoms with E-state index in [-0.39, 0.29) is 39.4 Å². The van der Waals surface area contributed by atoms with Crippen molar-refractivity contribution >= 4 is 11.9 Å². The van der Waals surface area contributed by atoms with Crippen molar-refractivity contribution in [1.29, 1.82) is 0 Å². The van der Waals surface area contributed by atoms with Crippen LogP contribution in [-0.2, 0) is 11.3 Å². The molecule has 1 aromatic heterocycles. The second-order valence-electron chi connectivity index (χ2n) is 4.03. The fourth-order valence-electron chi connectivity index (χ4n) is 1.55. The van der Waals surface area contributed by atoms with Crippen LogP contribution in [0.15, 0.2) is 22.8 Å². The Kier molecular flexibility index (Phi) is 7.33. The van der Waals surface area contributed by atoms with Crippen LogP contribution in [0.1, 0.15) is 5.76 Å². The quantitative estimate of drug-likeness (QED) is 0.481. The Bertz CT molecular complexity index is 401. The summed E-state index contributed by atoms with van der Waals surface area (Å²) in [6.45, 7) is 0.359. The minimum atomic E-state index is -0.626. The third kappa shape index (κ3) is 6.32. The number of aliphatic hydroxyl groups excluding tert-OH is 2. The van der Waals surface area contributed by atoms with Crippen LogP contribution in [0, 0.1) is 0 Å². The maximum atomic E-state index is 11.6. The van der Waals surface area contributed by atoms with Gasteiger partial charge in [-0.25, -0.2) is 4.79 Å². The Morgan fingerprint density at radius 3 is 2.50 bits per heavy atom. The maximum absolute atomic E-state index is 11.6. The van der Waals surface area contributed by atoms with E-state index in [0.29, 0.717) is 5.76 Å². The predicted octanol–water partition coefficient (Wildman–Crippen LogP) is -1.11. The van der Waals surface area contributed by atoms with Gasteiger partial charge < -0.3 is 19.9 Å². The molecule has 0 saturated carbocycles. The van der Waals surface area contributed by atoms with Gasteiger partial charge in [0.1, 0.15) is 5.76 Å². The maximum Gasteiger partial charge on any atom is 0.321 e. The van der Waals surface area contributed by atoms with Gasteiger partial charge in [-0.05, 0) is 12.1 Å². The molecule has 0 bridgehead atoms. The summed E-state index contributed by atoms with van der Waals surface area (Å²) >= 11 is 0. The van der Waals surface area contributed by atoms with Crippen LogP contribution in [0.2, 0.25) is 0 Å². The van der Waals surface area contributed by atoms with Crippen molar-refractivity contribution in [3.63, 3.8) is 0 Å². The molecule has 20 heavy (non-hydrogen) atoms. The topological polar surface area (TPSA) is 115 Å². The summed E-state index contributed by atoms with van der Waals surface area (Å²) < 4.78 is 5.03. The lowest BCUT2D eigenvalue weighted by Crippen LogP contribution is -2.45. The Morgan fingerprint density at radius 2 is 1.95 bits per heavy atom. The monoisotopic (exact) mass is 285 g/mol. The predicted molar refractivity (Wildman–Crippen MR) is 69.7 cm³/mol. The van der Waals surface area contributed by atoms with Crippen molar-refractivity contribution in [2.45, 2.75) is 6.54 Å². The van der Waals surface area contributed by atoms with E-state index in [1.165, 1.54) is 11.2 Å². The van der Waals surface area contributed by atoms with Crippen molar-refractivity contribution in [3.05, 3.63) is 24.2 Å². The number of aliphatic hydroxyl groups is 2. The molecule has 0 radical (unpaired) electrons. The molecule has 1 aromatic rings. The number of hydrogen-bond acceptors (Lipinski definition) is 6. The highest BCUT2D eigenvalue weighted by Crippen LogP contribution is 1.98. The van der Waals surface area contributed by atoms with Gasteiger partial charge in [-0.1, -0.05) is 0 Å². The van der Waals surface area contributed by atoms with Crippen molar-refractivity contribution in [3.8, 4) is 0 Å². The van der Waals surface area contributed by atoms with Gasteiger partial charge in [-0.2, -0.15) is 0 Å². The number of imide groups is 1. The van der Waals surface area contributed by atoms with E-state index in [9.17, 15) is 9.59 Å². The zero-order valence-corrected chi connectivity index (χ0v) is 11.0. The number of amides is 3. The van der Waals surface area contributed by atoms with E-state index in [1.807, 2.05) is 0 Å². The fourth-order valence-corrected chi connectivity index (χ4v) is 1.55. The van der Waals surface area contributed by atoms with E-state index in [0.717, 1.165) is 0 Å². The number of rotatable bonds is 8. The summed E-state index contributed by atoms with van der Waals surface area (Å²) in [5.74, 6) is 0.0682. The third-order valence-electron chi connectivity index (χ3n) is 2.46. The molecule has 0 unspecified atom stereocenters. The minimum absolute atomic E-state index is 0.0741. The summed E-state index contributed by atoms with van der Waals surface area (Å²) in [5.41, 5.74) is 0. The van der Waals surface area contributed by atoms with Crippen LogP contribution in [0.5, 0.6) is 0 Å². The Balaban J connectivity index is 2.27. The lowest BCUT2D eigenvalue weighted by atomic mass is 10.4. The van der Waals surface area contributed by atoms with E-state index >= 15 is 0 Å². The van der Waals surface area contributed by atoms with Gasteiger partial charge >= 0.3 is 6.03 Å². The molecule has 4 N–H and O–H groups in total. The van der Waals surface area contributed by atoms with Gasteiger partial charge in [0.25, 0.3) is 0 Å². The standard InChI is InChI=1S/C12H19N3O5/c16-5-3-15(4-6-17)9-11(18)14-12(19)13-8-10-2-1-7-20-10/h1-2,7,16-17H,3-6,8-9H2,(H2,13,14,18,19). The van der Waals surface area contributed by atoms with Crippen LogP contribution in [0.4, 0.5) is 4.79 Å². The first-order valence-corrected chi connectivity index (χ1v) is 6.20. The lowest BCUT2D eigenvalue weighted by molar-refractivity contribution is -0.121. The number of hydrogen-bond donors (Lipinski definition) is 4. The number of carbonyl (C=O) groups excluding carboxylic acids is 2. The average Bonchev–Trinajstić information content (AvgIpc) is 2.90. The highest BCUT2D eigenvalue weighted by atomic mass is 16.3. The highest BCUT2D eigenvalue weighted by Gasteiger charge is 2.12. The highest BCUT2D eigenvalue weighted by molar-refractivity contribution is 5.95. The van der Waals surface area contributed by atoms with Crippen molar-refractivity contribution in [2.24, 2.45) is 0 Å². The molecular formula is C12H19N3O5. The fraction of sp³-hybridized carbons (Fsp3) is 0.500. The van der Waals surface area contributed by atoms with E-state index in [1.54, 1.807) is 12.1 Å². The molecule has 0 aliphatic heterocycles. The molecule has 0 fully saturated rings. The Hall–Kier alpha value is -1.90. The van der Waals surface area contributed by atoms with Gasteiger partial charge in [0.2, 0.25) is 5.91 Å². The molecule has 0 aliphatic rings. The molecule has 0 saturated heterocycles. The first-order chi connectivity index (χ1) is 9.65. The van der Waals surface area contributed by atoms with Gasteiger partial charge in [-0.15, -0.1) is 0 Å². The average molecular weight is 285 g/mol. The first-order valence-electron chi connectivity index (χ1n) is 6.20. The van der Waals surface area contributed by atoms with Crippen LogP contribution in [0.25, 0.3) is 0 Å². The van der Waals surface area contributed by atoms with E-state index < -0.39 is 11.9 Å². The summed E-state index contributed by atoms with van der Waals surface area (Å²) in [4.78, 5) is 24.6. The number of nitrogens with zero attached hydrogens (tertiary/aromatic N) is 1. The lowest BCUT2D eigenvalue weighted by Gasteiger charge is -2.19. The first kappa shape index (κ1) is 16.2. The van der Waals surface area contributed by atoms with Crippen LogP contribution in [0.3, 0.4) is 0 Å². The second-order valence-corrected chi connectivity index (χ2v) is 4.03. The molecular weight excluding hydrogens is 266 g/mol. The summed E-state index contributed by atoms with van der Waals surface area (Å²) in [6.07, 6.45) is 1.49. The Labute approximate surface area is 116 Å². The zero-order valence-electron chi connectivity index (χ0n) is 11.0. The molecule has 1 rings (SSSR count). The summed E-state index contributed by atoms with van der Waals surface area (Å²) in [6, 6.07) is 2.77. The van der Waals surface area contributed by atoms with Crippen LogP contribution in [-0.4, -0.2) is 59.9 Å². The molecule has 0 aliphatic carbocycles. The van der Waals surface area contributed by atoms with Crippen molar-refractivity contribution in [1.82, 2.24) is 15.5 Å². The normalized spacial score (nSPS) is 10.6. The van der Waals surface area contributed by atoms with Gasteiger partial charge in [0.05, 0.1) is 32.6 Å². The zero-order chi connectivity index (χ0) is 14.8. The molecule has 1 heterocycles. The second kappa shape index (κ2) is 9.08. The molecule has 0 spiro atoms. The largest absolute Gasteiger partial charge is 0.467 e. The molecule has 112 valence electrons. The smallest absolute Gasteiger partial charge is 0.321 e. The molecule has 0 aromatic carbocycles. The Morgan fingerprint density at radius 1 is 1.25 bits per heavy atom. The SMILES string of the molecule is O=C(CN(CCO)CCO)NC(=O)NCc1ccco1. The van der Waals surface area contributed by atoms with Crippen molar-refractivity contribution < 1.29 is 24.2 Å². The van der Waals surface area contributed by atoms with Crippen molar-refractivity contribution in [2.75, 3.05) is 32.8 Å². The molecule has 3 amide bonds. The van der Waals surface area contributed by atoms with Crippen LogP contribution < -0.4 is 10.6 Å². The molecule has 8 nitrogen and oxygen atoms in total. The van der Waals surface area contributed by atoms with E-state index in [2.05, 4.69) is 10.6 Å². The summed E-state index contributed by atoms with van der Waals surface area (Å²) in [5, 5.41) is 22.2. The number of nitrogens with one attached hydrogen (secondary N) is 2. The number of carbonyl (C=O) groups is 2. The molecule has 8 heteroatoms. The third-order valence-corrected chi connectivity index (χ3v) is 2.46. The summed E-state index contributed by atoms with van der Waals surface area (Å²) in [7, 11) is 0. The minimum Gasteiger partial charge on any atom is -0.467 e. The van der Waals surface area contributed by atoms with Crippen LogP contribution >= 0.6 is 0 Å². The number of furan rings is 1. The van der Waals surface area contributed by atoms with E-state index in [4.69, 9.17) is 14.6 Å². The van der Waals surface area contributed by atoms with Gasteiger partial charge in [0, 0.05) is 13.1 Å². The van der Waals surface area contributed by atoms with Gasteiger partial charge in [0.15, 0.2) is 0 Å².